The maximum Gasteiger partial charge on any atom is 0.193 e. The predicted molar refractivity (Wildman–Crippen MR) is 89.9 cm³/mol. The van der Waals surface area contributed by atoms with Gasteiger partial charge in [0.15, 0.2) is 5.96 Å². The fourth-order valence-corrected chi connectivity index (χ4v) is 2.47. The van der Waals surface area contributed by atoms with E-state index in [1.54, 1.807) is 7.11 Å². The highest BCUT2D eigenvalue weighted by Gasteiger charge is 2.14. The van der Waals surface area contributed by atoms with Crippen molar-refractivity contribution in [3.63, 3.8) is 0 Å². The van der Waals surface area contributed by atoms with Crippen LogP contribution < -0.4 is 14.8 Å². The summed E-state index contributed by atoms with van der Waals surface area (Å²) in [4.78, 5) is 7.03. The van der Waals surface area contributed by atoms with Crippen LogP contribution in [0.1, 0.15) is 26.2 Å². The number of benzene rings is 1. The molecular weight excluding hydrogens is 278 g/mol. The van der Waals surface area contributed by atoms with Crippen LogP contribution in [0.2, 0.25) is 0 Å². The van der Waals surface area contributed by atoms with Crippen LogP contribution in [0.5, 0.6) is 11.5 Å². The van der Waals surface area contributed by atoms with Crippen molar-refractivity contribution in [1.82, 2.24) is 10.2 Å². The summed E-state index contributed by atoms with van der Waals surface area (Å²) in [6.45, 7) is 6.72. The number of likely N-dealkylation sites (tertiary alicyclic amines) is 1. The van der Waals surface area contributed by atoms with E-state index in [1.807, 2.05) is 24.3 Å². The Morgan fingerprint density at radius 3 is 2.50 bits per heavy atom. The molecule has 2 rings (SSSR count). The highest BCUT2D eigenvalue weighted by Crippen LogP contribution is 2.17. The third-order valence-electron chi connectivity index (χ3n) is 3.63. The van der Waals surface area contributed by atoms with E-state index in [4.69, 9.17) is 9.47 Å². The summed E-state index contributed by atoms with van der Waals surface area (Å²) in [6, 6.07) is 7.67. The van der Waals surface area contributed by atoms with Gasteiger partial charge in [0, 0.05) is 32.6 Å². The van der Waals surface area contributed by atoms with Gasteiger partial charge in [-0.05, 0) is 44.0 Å². The Bertz CT molecular complexity index is 453. The van der Waals surface area contributed by atoms with Gasteiger partial charge in [-0.3, -0.25) is 4.99 Å². The molecule has 0 atom stereocenters. The molecule has 22 heavy (non-hydrogen) atoms. The van der Waals surface area contributed by atoms with E-state index in [2.05, 4.69) is 22.1 Å². The van der Waals surface area contributed by atoms with E-state index < -0.39 is 0 Å². The molecule has 1 aromatic carbocycles. The quantitative estimate of drug-likeness (QED) is 0.478. The van der Waals surface area contributed by atoms with Gasteiger partial charge in [0.1, 0.15) is 11.5 Å². The molecule has 1 aliphatic heterocycles. The molecule has 0 aliphatic carbocycles. The summed E-state index contributed by atoms with van der Waals surface area (Å²) in [7, 11) is 1.66. The molecule has 1 fully saturated rings. The first-order valence-electron chi connectivity index (χ1n) is 8.13. The van der Waals surface area contributed by atoms with Crippen LogP contribution in [0.4, 0.5) is 0 Å². The summed E-state index contributed by atoms with van der Waals surface area (Å²) in [5.74, 6) is 2.76. The summed E-state index contributed by atoms with van der Waals surface area (Å²) in [6.07, 6.45) is 3.45. The number of methoxy groups -OCH3 is 1. The fraction of sp³-hybridized carbons (Fsp3) is 0.588. The largest absolute Gasteiger partial charge is 0.497 e. The molecule has 1 N–H and O–H groups in total. The molecular formula is C17H27N3O2. The van der Waals surface area contributed by atoms with Gasteiger partial charge in [-0.1, -0.05) is 0 Å². The Hall–Kier alpha value is -1.91. The second kappa shape index (κ2) is 9.18. The Kier molecular flexibility index (Phi) is 6.87. The first kappa shape index (κ1) is 16.5. The molecule has 0 amide bonds. The zero-order chi connectivity index (χ0) is 15.6. The normalized spacial score (nSPS) is 15.0. The number of aliphatic imine (C=N–C) groups is 1. The van der Waals surface area contributed by atoms with E-state index in [0.29, 0.717) is 6.61 Å². The third-order valence-corrected chi connectivity index (χ3v) is 3.63. The Balaban J connectivity index is 1.70. The molecule has 1 heterocycles. The van der Waals surface area contributed by atoms with E-state index in [0.717, 1.165) is 50.1 Å². The molecule has 0 radical (unpaired) electrons. The van der Waals surface area contributed by atoms with Crippen LogP contribution in [-0.4, -0.2) is 50.8 Å². The highest BCUT2D eigenvalue weighted by atomic mass is 16.5. The van der Waals surface area contributed by atoms with Crippen molar-refractivity contribution < 1.29 is 9.47 Å². The van der Waals surface area contributed by atoms with E-state index in [9.17, 15) is 0 Å². The molecule has 0 bridgehead atoms. The first-order chi connectivity index (χ1) is 10.8. The van der Waals surface area contributed by atoms with Crippen molar-refractivity contribution in [1.29, 1.82) is 0 Å². The minimum atomic E-state index is 0.676. The van der Waals surface area contributed by atoms with Crippen LogP contribution in [0.3, 0.4) is 0 Å². The Morgan fingerprint density at radius 2 is 1.86 bits per heavy atom. The molecule has 0 unspecified atom stereocenters. The zero-order valence-electron chi connectivity index (χ0n) is 13.7. The van der Waals surface area contributed by atoms with Crippen LogP contribution in [0.15, 0.2) is 29.3 Å². The van der Waals surface area contributed by atoms with Gasteiger partial charge in [0.25, 0.3) is 0 Å². The predicted octanol–water partition coefficient (Wildman–Crippen LogP) is 2.53. The molecule has 0 spiro atoms. The number of guanidine groups is 1. The summed E-state index contributed by atoms with van der Waals surface area (Å²) in [5.41, 5.74) is 0. The topological polar surface area (TPSA) is 46.1 Å². The third kappa shape index (κ3) is 5.13. The van der Waals surface area contributed by atoms with Gasteiger partial charge < -0.3 is 19.7 Å². The van der Waals surface area contributed by atoms with Crippen LogP contribution in [0.25, 0.3) is 0 Å². The molecule has 1 aliphatic rings. The minimum absolute atomic E-state index is 0.676. The first-order valence-corrected chi connectivity index (χ1v) is 8.13. The number of ether oxygens (including phenoxy) is 2. The Labute approximate surface area is 133 Å². The van der Waals surface area contributed by atoms with Crippen molar-refractivity contribution in [3.05, 3.63) is 24.3 Å². The summed E-state index contributed by atoms with van der Waals surface area (Å²) < 4.78 is 10.8. The minimum Gasteiger partial charge on any atom is -0.497 e. The van der Waals surface area contributed by atoms with Crippen LogP contribution >= 0.6 is 0 Å². The van der Waals surface area contributed by atoms with E-state index in [1.165, 1.54) is 12.8 Å². The lowest BCUT2D eigenvalue weighted by molar-refractivity contribution is 0.312. The van der Waals surface area contributed by atoms with Gasteiger partial charge in [-0.25, -0.2) is 0 Å². The zero-order valence-corrected chi connectivity index (χ0v) is 13.7. The molecule has 5 nitrogen and oxygen atoms in total. The van der Waals surface area contributed by atoms with Gasteiger partial charge in [-0.15, -0.1) is 0 Å². The lowest BCUT2D eigenvalue weighted by atomic mass is 10.3. The Morgan fingerprint density at radius 1 is 1.18 bits per heavy atom. The average Bonchev–Trinajstić information content (AvgIpc) is 3.08. The maximum absolute atomic E-state index is 5.71. The van der Waals surface area contributed by atoms with Crippen molar-refractivity contribution in [2.24, 2.45) is 4.99 Å². The number of nitrogens with one attached hydrogen (secondary N) is 1. The van der Waals surface area contributed by atoms with Gasteiger partial charge in [0.05, 0.1) is 13.7 Å². The van der Waals surface area contributed by atoms with E-state index in [-0.39, 0.29) is 0 Å². The van der Waals surface area contributed by atoms with Crippen molar-refractivity contribution >= 4 is 5.96 Å². The second-order valence-corrected chi connectivity index (χ2v) is 5.31. The molecule has 0 saturated carbocycles. The average molecular weight is 305 g/mol. The standard InChI is InChI=1S/C17H27N3O2/c1-3-18-17(20-12-4-5-13-20)19-11-6-14-22-16-9-7-15(21-2)8-10-16/h7-10H,3-6,11-14H2,1-2H3,(H,18,19). The highest BCUT2D eigenvalue weighted by molar-refractivity contribution is 5.80. The van der Waals surface area contributed by atoms with Crippen LogP contribution in [-0.2, 0) is 0 Å². The number of nitrogens with zero attached hydrogens (tertiary/aromatic N) is 2. The lowest BCUT2D eigenvalue weighted by Gasteiger charge is -2.20. The monoisotopic (exact) mass is 305 g/mol. The SMILES string of the molecule is CCNC(=NCCCOc1ccc(OC)cc1)N1CCCC1. The van der Waals surface area contributed by atoms with Crippen molar-refractivity contribution in [2.45, 2.75) is 26.2 Å². The van der Waals surface area contributed by atoms with Crippen LogP contribution in [0, 0.1) is 0 Å². The molecule has 5 heteroatoms. The number of hydrogen-bond donors (Lipinski definition) is 1. The lowest BCUT2D eigenvalue weighted by Crippen LogP contribution is -2.39. The molecule has 0 aromatic heterocycles. The number of rotatable bonds is 7. The van der Waals surface area contributed by atoms with Crippen molar-refractivity contribution in [2.75, 3.05) is 39.9 Å². The summed E-state index contributed by atoms with van der Waals surface area (Å²) >= 11 is 0. The maximum atomic E-state index is 5.71. The van der Waals surface area contributed by atoms with Crippen molar-refractivity contribution in [3.8, 4) is 11.5 Å². The smallest absolute Gasteiger partial charge is 0.193 e. The summed E-state index contributed by atoms with van der Waals surface area (Å²) in [5, 5.41) is 3.37. The molecule has 1 saturated heterocycles. The van der Waals surface area contributed by atoms with Gasteiger partial charge >= 0.3 is 0 Å². The van der Waals surface area contributed by atoms with Gasteiger partial charge in [0.2, 0.25) is 0 Å². The molecule has 122 valence electrons. The van der Waals surface area contributed by atoms with Gasteiger partial charge in [-0.2, -0.15) is 0 Å². The number of hydrogen-bond acceptors (Lipinski definition) is 3. The second-order valence-electron chi connectivity index (χ2n) is 5.31. The fourth-order valence-electron chi connectivity index (χ4n) is 2.47. The molecule has 1 aromatic rings. The van der Waals surface area contributed by atoms with E-state index >= 15 is 0 Å².